The first kappa shape index (κ1) is 15.0. The molecule has 108 valence electrons. The first-order valence-electron chi connectivity index (χ1n) is 6.29. The molecule has 0 spiro atoms. The van der Waals surface area contributed by atoms with Crippen LogP contribution in [0.2, 0.25) is 0 Å². The van der Waals surface area contributed by atoms with E-state index >= 15 is 0 Å². The fourth-order valence-electron chi connectivity index (χ4n) is 2.02. The summed E-state index contributed by atoms with van der Waals surface area (Å²) in [6.07, 6.45) is 0.700. The van der Waals surface area contributed by atoms with Gasteiger partial charge in [-0.25, -0.2) is 8.78 Å². The third-order valence-corrected chi connectivity index (χ3v) is 4.11. The second kappa shape index (κ2) is 5.93. The second-order valence-electron chi connectivity index (χ2n) is 4.85. The lowest BCUT2D eigenvalue weighted by molar-refractivity contribution is 0.506. The summed E-state index contributed by atoms with van der Waals surface area (Å²) in [6, 6.07) is 3.90. The molecular formula is C14H17F2N3S. The Morgan fingerprint density at radius 2 is 2.05 bits per heavy atom. The molecule has 3 nitrogen and oxygen atoms in total. The van der Waals surface area contributed by atoms with E-state index in [4.69, 9.17) is 5.73 Å². The van der Waals surface area contributed by atoms with Crippen molar-refractivity contribution in [1.29, 1.82) is 0 Å². The third-order valence-electron chi connectivity index (χ3n) is 2.92. The smallest absolute Gasteiger partial charge is 0.159 e. The normalized spacial score (nSPS) is 12.7. The first-order chi connectivity index (χ1) is 9.38. The highest BCUT2D eigenvalue weighted by Gasteiger charge is 2.16. The minimum absolute atomic E-state index is 0.0159. The van der Waals surface area contributed by atoms with Gasteiger partial charge in [-0.3, -0.25) is 4.68 Å². The Labute approximate surface area is 121 Å². The number of nitrogens with two attached hydrogens (primary N) is 1. The van der Waals surface area contributed by atoms with E-state index in [9.17, 15) is 8.78 Å². The molecule has 0 amide bonds. The van der Waals surface area contributed by atoms with E-state index in [1.165, 1.54) is 17.8 Å². The second-order valence-corrected chi connectivity index (χ2v) is 5.91. The van der Waals surface area contributed by atoms with Gasteiger partial charge < -0.3 is 5.73 Å². The molecule has 0 saturated heterocycles. The van der Waals surface area contributed by atoms with Crippen LogP contribution in [0.4, 0.5) is 8.78 Å². The molecule has 1 heterocycles. The lowest BCUT2D eigenvalue weighted by atomic mass is 10.1. The van der Waals surface area contributed by atoms with Crippen LogP contribution in [0, 0.1) is 18.6 Å². The number of nitrogens with zero attached hydrogens (tertiary/aromatic N) is 2. The van der Waals surface area contributed by atoms with Gasteiger partial charge in [0.2, 0.25) is 0 Å². The topological polar surface area (TPSA) is 43.8 Å². The maximum atomic E-state index is 13.3. The SMILES string of the molecule is Cc1nn(C)c(Sc2ccc(F)c(F)c2)c1CC(C)N. The van der Waals surface area contributed by atoms with E-state index in [0.29, 0.717) is 11.3 Å². The molecule has 6 heteroatoms. The molecule has 0 aliphatic heterocycles. The zero-order valence-corrected chi connectivity index (χ0v) is 12.5. The van der Waals surface area contributed by atoms with E-state index in [0.717, 1.165) is 22.3 Å². The average Bonchev–Trinajstić information content (AvgIpc) is 2.60. The lowest BCUT2D eigenvalue weighted by Crippen LogP contribution is -2.18. The van der Waals surface area contributed by atoms with Crippen molar-refractivity contribution >= 4 is 11.8 Å². The summed E-state index contributed by atoms with van der Waals surface area (Å²) in [5.41, 5.74) is 7.82. The van der Waals surface area contributed by atoms with Crippen LogP contribution in [-0.2, 0) is 13.5 Å². The van der Waals surface area contributed by atoms with Crippen molar-refractivity contribution in [2.75, 3.05) is 0 Å². The Balaban J connectivity index is 2.34. The van der Waals surface area contributed by atoms with Crippen LogP contribution in [-0.4, -0.2) is 15.8 Å². The fourth-order valence-corrected chi connectivity index (χ4v) is 3.07. The van der Waals surface area contributed by atoms with Gasteiger partial charge in [-0.15, -0.1) is 0 Å². The number of aryl methyl sites for hydroxylation is 2. The van der Waals surface area contributed by atoms with E-state index in [1.807, 2.05) is 20.9 Å². The number of halogens is 2. The molecule has 0 radical (unpaired) electrons. The molecule has 0 bridgehead atoms. The number of hydrogen-bond acceptors (Lipinski definition) is 3. The molecule has 1 aromatic carbocycles. The monoisotopic (exact) mass is 297 g/mol. The fraction of sp³-hybridized carbons (Fsp3) is 0.357. The van der Waals surface area contributed by atoms with Crippen molar-refractivity contribution in [1.82, 2.24) is 9.78 Å². The van der Waals surface area contributed by atoms with Gasteiger partial charge in [0.05, 0.1) is 5.69 Å². The lowest BCUT2D eigenvalue weighted by Gasteiger charge is -2.09. The van der Waals surface area contributed by atoms with Gasteiger partial charge in [0.15, 0.2) is 11.6 Å². The number of aromatic nitrogens is 2. The molecule has 0 aliphatic rings. The molecule has 0 fully saturated rings. The van der Waals surface area contributed by atoms with Crippen LogP contribution in [0.25, 0.3) is 0 Å². The molecule has 0 aliphatic carbocycles. The van der Waals surface area contributed by atoms with Crippen LogP contribution in [0.1, 0.15) is 18.2 Å². The van der Waals surface area contributed by atoms with Crippen LogP contribution < -0.4 is 5.73 Å². The van der Waals surface area contributed by atoms with E-state index in [2.05, 4.69) is 5.10 Å². The maximum Gasteiger partial charge on any atom is 0.159 e. The van der Waals surface area contributed by atoms with Gasteiger partial charge in [0, 0.05) is 23.5 Å². The minimum Gasteiger partial charge on any atom is -0.328 e. The number of hydrogen-bond donors (Lipinski definition) is 1. The van der Waals surface area contributed by atoms with E-state index in [-0.39, 0.29) is 6.04 Å². The maximum absolute atomic E-state index is 13.3. The Morgan fingerprint density at radius 3 is 2.65 bits per heavy atom. The highest BCUT2D eigenvalue weighted by Crippen LogP contribution is 2.32. The van der Waals surface area contributed by atoms with Gasteiger partial charge in [-0.05, 0) is 38.5 Å². The number of rotatable bonds is 4. The summed E-state index contributed by atoms with van der Waals surface area (Å²) in [5, 5.41) is 5.28. The Morgan fingerprint density at radius 1 is 1.35 bits per heavy atom. The van der Waals surface area contributed by atoms with Gasteiger partial charge in [0.1, 0.15) is 5.03 Å². The Bertz CT molecular complexity index is 623. The molecule has 1 unspecified atom stereocenters. The molecule has 0 saturated carbocycles. The highest BCUT2D eigenvalue weighted by molar-refractivity contribution is 7.99. The van der Waals surface area contributed by atoms with Crippen molar-refractivity contribution in [3.63, 3.8) is 0 Å². The molecule has 2 rings (SSSR count). The molecule has 2 aromatic rings. The molecule has 2 N–H and O–H groups in total. The van der Waals surface area contributed by atoms with Crippen molar-refractivity contribution in [2.24, 2.45) is 12.8 Å². The van der Waals surface area contributed by atoms with Crippen molar-refractivity contribution in [2.45, 2.75) is 36.2 Å². The van der Waals surface area contributed by atoms with Gasteiger partial charge in [-0.2, -0.15) is 5.10 Å². The van der Waals surface area contributed by atoms with Crippen LogP contribution in [0.15, 0.2) is 28.1 Å². The molecular weight excluding hydrogens is 280 g/mol. The number of benzene rings is 1. The van der Waals surface area contributed by atoms with Crippen LogP contribution in [0.5, 0.6) is 0 Å². The molecule has 20 heavy (non-hydrogen) atoms. The summed E-state index contributed by atoms with van der Waals surface area (Å²) in [7, 11) is 1.83. The van der Waals surface area contributed by atoms with Gasteiger partial charge in [0.25, 0.3) is 0 Å². The third kappa shape index (κ3) is 3.19. The zero-order valence-electron chi connectivity index (χ0n) is 11.7. The highest BCUT2D eigenvalue weighted by atomic mass is 32.2. The van der Waals surface area contributed by atoms with E-state index in [1.54, 1.807) is 10.7 Å². The van der Waals surface area contributed by atoms with Crippen LogP contribution >= 0.6 is 11.8 Å². The molecule has 1 aromatic heterocycles. The van der Waals surface area contributed by atoms with Crippen molar-refractivity contribution in [3.8, 4) is 0 Å². The standard InChI is InChI=1S/C14H17F2N3S/c1-8(17)6-11-9(2)18-19(3)14(11)20-10-4-5-12(15)13(16)7-10/h4-5,7-8H,6,17H2,1-3H3. The van der Waals surface area contributed by atoms with Crippen molar-refractivity contribution in [3.05, 3.63) is 41.1 Å². The largest absolute Gasteiger partial charge is 0.328 e. The van der Waals surface area contributed by atoms with Crippen molar-refractivity contribution < 1.29 is 8.78 Å². The predicted molar refractivity (Wildman–Crippen MR) is 75.8 cm³/mol. The summed E-state index contributed by atoms with van der Waals surface area (Å²) in [4.78, 5) is 0.637. The van der Waals surface area contributed by atoms with E-state index < -0.39 is 11.6 Å². The Hall–Kier alpha value is -1.40. The predicted octanol–water partition coefficient (Wildman–Crippen LogP) is 3.05. The summed E-state index contributed by atoms with van der Waals surface area (Å²) >= 11 is 1.36. The average molecular weight is 297 g/mol. The zero-order chi connectivity index (χ0) is 14.9. The summed E-state index contributed by atoms with van der Waals surface area (Å²) in [6.45, 7) is 3.85. The quantitative estimate of drug-likeness (QED) is 0.943. The van der Waals surface area contributed by atoms with Crippen LogP contribution in [0.3, 0.4) is 0 Å². The summed E-state index contributed by atoms with van der Waals surface area (Å²) in [5.74, 6) is -1.69. The Kier molecular flexibility index (Phi) is 4.45. The minimum atomic E-state index is -0.845. The van der Waals surface area contributed by atoms with Gasteiger partial charge >= 0.3 is 0 Å². The molecule has 1 atom stereocenters. The first-order valence-corrected chi connectivity index (χ1v) is 7.11. The van der Waals surface area contributed by atoms with Gasteiger partial charge in [-0.1, -0.05) is 11.8 Å². The summed E-state index contributed by atoms with van der Waals surface area (Å²) < 4.78 is 28.0.